The fourth-order valence-electron chi connectivity index (χ4n) is 2.53. The Kier molecular flexibility index (Phi) is 7.78. The van der Waals surface area contributed by atoms with Crippen LogP contribution < -0.4 is 16.1 Å². The molecule has 156 valence electrons. The molecule has 2 heterocycles. The zero-order chi connectivity index (χ0) is 21.2. The van der Waals surface area contributed by atoms with Crippen LogP contribution in [0.15, 0.2) is 53.8 Å². The van der Waals surface area contributed by atoms with Gasteiger partial charge in [0.15, 0.2) is 5.17 Å². The third kappa shape index (κ3) is 6.89. The summed E-state index contributed by atoms with van der Waals surface area (Å²) >= 11 is 1.62. The lowest BCUT2D eigenvalue weighted by molar-refractivity contribution is -0.157. The fourth-order valence-corrected chi connectivity index (χ4v) is 3.28. The van der Waals surface area contributed by atoms with Gasteiger partial charge in [-0.15, -0.1) is 0 Å². The molecule has 0 radical (unpaired) electrons. The van der Waals surface area contributed by atoms with Gasteiger partial charge in [-0.25, -0.2) is 4.79 Å². The second kappa shape index (κ2) is 11.0. The number of aryl methyl sites for hydroxylation is 1. The Bertz CT molecular complexity index is 936. The van der Waals surface area contributed by atoms with Crippen molar-refractivity contribution in [1.29, 1.82) is 0 Å². The Morgan fingerprint density at radius 1 is 1.17 bits per heavy atom. The molecule has 0 fully saturated rings. The van der Waals surface area contributed by atoms with Crippen molar-refractivity contribution < 1.29 is 19.2 Å². The van der Waals surface area contributed by atoms with Gasteiger partial charge in [-0.3, -0.25) is 19.6 Å². The molecule has 9 nitrogen and oxygen atoms in total. The minimum absolute atomic E-state index is 0.0989. The van der Waals surface area contributed by atoms with Gasteiger partial charge in [0, 0.05) is 29.4 Å². The molecule has 0 bridgehead atoms. The third-order valence-corrected chi connectivity index (χ3v) is 4.88. The van der Waals surface area contributed by atoms with E-state index in [4.69, 9.17) is 4.84 Å². The van der Waals surface area contributed by atoms with Crippen molar-refractivity contribution in [3.63, 3.8) is 0 Å². The first kappa shape index (κ1) is 21.3. The summed E-state index contributed by atoms with van der Waals surface area (Å²) in [6.45, 7) is 0.450. The Labute approximate surface area is 177 Å². The number of nitrogens with one attached hydrogen (secondary N) is 3. The van der Waals surface area contributed by atoms with E-state index >= 15 is 0 Å². The van der Waals surface area contributed by atoms with Crippen LogP contribution in [0.5, 0.6) is 0 Å². The number of anilines is 1. The summed E-state index contributed by atoms with van der Waals surface area (Å²) in [4.78, 5) is 48.8. The van der Waals surface area contributed by atoms with Crippen LogP contribution in [-0.4, -0.2) is 46.8 Å². The van der Waals surface area contributed by atoms with E-state index in [-0.39, 0.29) is 13.0 Å². The van der Waals surface area contributed by atoms with E-state index in [1.165, 1.54) is 0 Å². The molecule has 3 rings (SSSR count). The summed E-state index contributed by atoms with van der Waals surface area (Å²) in [6, 6.07) is 10.5. The first-order chi connectivity index (χ1) is 14.6. The summed E-state index contributed by atoms with van der Waals surface area (Å²) < 4.78 is 0. The van der Waals surface area contributed by atoms with Gasteiger partial charge in [0.2, 0.25) is 0 Å². The van der Waals surface area contributed by atoms with E-state index in [0.717, 1.165) is 28.7 Å². The number of hydrogen-bond acceptors (Lipinski definition) is 8. The maximum absolute atomic E-state index is 12.3. The number of hydrogen-bond donors (Lipinski definition) is 3. The third-order valence-electron chi connectivity index (χ3n) is 3.99. The summed E-state index contributed by atoms with van der Waals surface area (Å²) in [5.41, 5.74) is 4.06. The molecule has 1 aromatic carbocycles. The average Bonchev–Trinajstić information content (AvgIpc) is 3.28. The number of carbonyl (C=O) groups excluding carboxylic acids is 3. The number of aromatic nitrogens is 1. The van der Waals surface area contributed by atoms with Crippen molar-refractivity contribution >= 4 is 40.4 Å². The highest BCUT2D eigenvalue weighted by molar-refractivity contribution is 8.14. The molecule has 0 saturated carbocycles. The Balaban J connectivity index is 1.37. The molecule has 1 aromatic heterocycles. The van der Waals surface area contributed by atoms with E-state index < -0.39 is 17.8 Å². The molecule has 0 saturated heterocycles. The van der Waals surface area contributed by atoms with Gasteiger partial charge < -0.3 is 15.5 Å². The maximum atomic E-state index is 12.3. The quantitative estimate of drug-likeness (QED) is 0.573. The van der Waals surface area contributed by atoms with Crippen LogP contribution in [0, 0.1) is 0 Å². The van der Waals surface area contributed by atoms with Crippen LogP contribution >= 0.6 is 11.8 Å². The van der Waals surface area contributed by atoms with Crippen molar-refractivity contribution in [2.75, 3.05) is 24.2 Å². The second-order valence-corrected chi connectivity index (χ2v) is 7.37. The number of pyridine rings is 1. The molecular weight excluding hydrogens is 406 g/mol. The largest absolute Gasteiger partial charge is 0.343 e. The maximum Gasteiger partial charge on any atom is 0.332 e. The van der Waals surface area contributed by atoms with Gasteiger partial charge in [0.05, 0.1) is 19.5 Å². The second-order valence-electron chi connectivity index (χ2n) is 6.28. The molecule has 2 amide bonds. The summed E-state index contributed by atoms with van der Waals surface area (Å²) in [7, 11) is 0. The lowest BCUT2D eigenvalue weighted by Crippen LogP contribution is -2.38. The number of amides is 2. The standard InChI is InChI=1S/C20H21N5O4S/c26-17(25-29-18(27)7-6-14-3-2-8-21-12-14)13-23-19(28)15-4-1-5-16(11-15)24-20-22-9-10-30-20/h1-5,8,11-12H,6-7,9-10,13H2,(H,22,24)(H,23,28)(H,25,26). The van der Waals surface area contributed by atoms with Crippen LogP contribution in [0.4, 0.5) is 5.69 Å². The van der Waals surface area contributed by atoms with Crippen molar-refractivity contribution in [2.24, 2.45) is 4.99 Å². The molecule has 0 unspecified atom stereocenters. The van der Waals surface area contributed by atoms with Gasteiger partial charge in [-0.05, 0) is 36.2 Å². The summed E-state index contributed by atoms with van der Waals surface area (Å²) in [6.07, 6.45) is 3.86. The van der Waals surface area contributed by atoms with E-state index in [0.29, 0.717) is 12.0 Å². The van der Waals surface area contributed by atoms with E-state index in [9.17, 15) is 14.4 Å². The molecule has 10 heteroatoms. The number of thioether (sulfide) groups is 1. The van der Waals surface area contributed by atoms with Gasteiger partial charge in [-0.2, -0.15) is 5.48 Å². The number of aliphatic imine (C=N–C) groups is 1. The van der Waals surface area contributed by atoms with Crippen LogP contribution in [0.1, 0.15) is 22.3 Å². The topological polar surface area (TPSA) is 122 Å². The minimum Gasteiger partial charge on any atom is -0.343 e. The van der Waals surface area contributed by atoms with Crippen molar-refractivity contribution in [2.45, 2.75) is 12.8 Å². The van der Waals surface area contributed by atoms with Gasteiger partial charge in [0.1, 0.15) is 0 Å². The van der Waals surface area contributed by atoms with Crippen LogP contribution in [0.2, 0.25) is 0 Å². The highest BCUT2D eigenvalue weighted by Gasteiger charge is 2.12. The molecular formula is C20H21N5O4S. The van der Waals surface area contributed by atoms with E-state index in [1.807, 2.05) is 17.6 Å². The number of carbonyl (C=O) groups is 3. The first-order valence-corrected chi connectivity index (χ1v) is 10.3. The molecule has 1 aliphatic heterocycles. The molecule has 30 heavy (non-hydrogen) atoms. The van der Waals surface area contributed by atoms with Crippen molar-refractivity contribution in [3.05, 3.63) is 59.9 Å². The summed E-state index contributed by atoms with van der Waals surface area (Å²) in [5.74, 6) is -0.696. The van der Waals surface area contributed by atoms with Crippen molar-refractivity contribution in [1.82, 2.24) is 15.8 Å². The highest BCUT2D eigenvalue weighted by Crippen LogP contribution is 2.17. The smallest absolute Gasteiger partial charge is 0.332 e. The molecule has 0 atom stereocenters. The molecule has 1 aliphatic rings. The van der Waals surface area contributed by atoms with Gasteiger partial charge >= 0.3 is 5.97 Å². The zero-order valence-electron chi connectivity index (χ0n) is 16.1. The number of nitrogens with zero attached hydrogens (tertiary/aromatic N) is 2. The Morgan fingerprint density at radius 3 is 2.83 bits per heavy atom. The summed E-state index contributed by atoms with van der Waals surface area (Å²) in [5, 5.41) is 6.45. The number of hydroxylamine groups is 1. The zero-order valence-corrected chi connectivity index (χ0v) is 16.9. The van der Waals surface area contributed by atoms with Crippen molar-refractivity contribution in [3.8, 4) is 0 Å². The van der Waals surface area contributed by atoms with Gasteiger partial charge in [0.25, 0.3) is 11.8 Å². The number of rotatable bonds is 7. The monoisotopic (exact) mass is 427 g/mol. The number of benzene rings is 1. The predicted octanol–water partition coefficient (Wildman–Crippen LogP) is 1.53. The normalized spacial score (nSPS) is 12.6. The Hall–Kier alpha value is -3.40. The molecule has 0 aliphatic carbocycles. The highest BCUT2D eigenvalue weighted by atomic mass is 32.2. The predicted molar refractivity (Wildman–Crippen MR) is 114 cm³/mol. The first-order valence-electron chi connectivity index (χ1n) is 9.30. The lowest BCUT2D eigenvalue weighted by Gasteiger charge is -2.09. The SMILES string of the molecule is O=C(CNC(=O)c1cccc(NC2=NCCS2)c1)NOC(=O)CCc1cccnc1. The van der Waals surface area contributed by atoms with E-state index in [1.54, 1.807) is 48.4 Å². The molecule has 3 N–H and O–H groups in total. The van der Waals surface area contributed by atoms with E-state index in [2.05, 4.69) is 20.6 Å². The molecule has 0 spiro atoms. The molecule has 2 aromatic rings. The average molecular weight is 427 g/mol. The minimum atomic E-state index is -0.635. The van der Waals surface area contributed by atoms with Crippen LogP contribution in [-0.2, 0) is 20.8 Å². The lowest BCUT2D eigenvalue weighted by atomic mass is 10.2. The van der Waals surface area contributed by atoms with Crippen LogP contribution in [0.3, 0.4) is 0 Å². The Morgan fingerprint density at radius 2 is 2.07 bits per heavy atom. The van der Waals surface area contributed by atoms with Gasteiger partial charge in [-0.1, -0.05) is 23.9 Å². The number of amidine groups is 1. The van der Waals surface area contributed by atoms with Crippen LogP contribution in [0.25, 0.3) is 0 Å². The fraction of sp³-hybridized carbons (Fsp3) is 0.250.